The minimum absolute atomic E-state index is 0.106. The Bertz CT molecular complexity index is 627. The van der Waals surface area contributed by atoms with Gasteiger partial charge < -0.3 is 15.4 Å². The van der Waals surface area contributed by atoms with E-state index < -0.39 is 0 Å². The molecule has 2 heterocycles. The summed E-state index contributed by atoms with van der Waals surface area (Å²) in [5.41, 5.74) is 1.23. The predicted octanol–water partition coefficient (Wildman–Crippen LogP) is 2.66. The molecule has 134 valence electrons. The van der Waals surface area contributed by atoms with Gasteiger partial charge in [-0.05, 0) is 23.4 Å². The van der Waals surface area contributed by atoms with Gasteiger partial charge in [-0.1, -0.05) is 36.4 Å². The largest absolute Gasteiger partial charge is 0.379 e. The van der Waals surface area contributed by atoms with E-state index in [0.29, 0.717) is 13.1 Å². The molecule has 1 aliphatic rings. The number of urea groups is 1. The molecule has 1 aromatic carbocycles. The van der Waals surface area contributed by atoms with Crippen LogP contribution in [0.4, 0.5) is 4.79 Å². The fourth-order valence-corrected chi connectivity index (χ4v) is 3.86. The van der Waals surface area contributed by atoms with Gasteiger partial charge in [0.2, 0.25) is 0 Å². The molecule has 2 amide bonds. The van der Waals surface area contributed by atoms with Crippen LogP contribution < -0.4 is 10.6 Å². The lowest BCUT2D eigenvalue weighted by Gasteiger charge is -2.34. The molecule has 0 saturated carbocycles. The van der Waals surface area contributed by atoms with Crippen LogP contribution in [0.3, 0.4) is 0 Å². The molecule has 5 nitrogen and oxygen atoms in total. The van der Waals surface area contributed by atoms with Gasteiger partial charge in [0.1, 0.15) is 0 Å². The normalized spacial score (nSPS) is 16.3. The number of carbonyl (C=O) groups excluding carboxylic acids is 1. The van der Waals surface area contributed by atoms with Gasteiger partial charge in [-0.2, -0.15) is 0 Å². The van der Waals surface area contributed by atoms with E-state index in [2.05, 4.69) is 45.2 Å². The van der Waals surface area contributed by atoms with E-state index >= 15 is 0 Å². The Hall–Kier alpha value is -1.89. The zero-order valence-electron chi connectivity index (χ0n) is 14.3. The molecule has 1 aromatic heterocycles. The Labute approximate surface area is 153 Å². The number of nitrogens with zero attached hydrogens (tertiary/aromatic N) is 1. The van der Waals surface area contributed by atoms with E-state index in [9.17, 15) is 4.79 Å². The van der Waals surface area contributed by atoms with E-state index in [1.807, 2.05) is 18.2 Å². The third-order valence-electron chi connectivity index (χ3n) is 4.36. The SMILES string of the molecule is O=C(NCCc1ccccc1)NCC(c1cccs1)N1CCOCC1. The maximum absolute atomic E-state index is 12.1. The summed E-state index contributed by atoms with van der Waals surface area (Å²) in [7, 11) is 0. The highest BCUT2D eigenvalue weighted by Gasteiger charge is 2.23. The molecule has 25 heavy (non-hydrogen) atoms. The van der Waals surface area contributed by atoms with Gasteiger partial charge in [-0.25, -0.2) is 4.79 Å². The van der Waals surface area contributed by atoms with Crippen molar-refractivity contribution in [3.05, 3.63) is 58.3 Å². The van der Waals surface area contributed by atoms with Gasteiger partial charge in [0.15, 0.2) is 0 Å². The van der Waals surface area contributed by atoms with Crippen molar-refractivity contribution >= 4 is 17.4 Å². The maximum Gasteiger partial charge on any atom is 0.314 e. The number of benzene rings is 1. The van der Waals surface area contributed by atoms with E-state index in [1.54, 1.807) is 11.3 Å². The summed E-state index contributed by atoms with van der Waals surface area (Å²) >= 11 is 1.74. The first-order valence-electron chi connectivity index (χ1n) is 8.74. The monoisotopic (exact) mass is 359 g/mol. The summed E-state index contributed by atoms with van der Waals surface area (Å²) in [6.07, 6.45) is 0.839. The van der Waals surface area contributed by atoms with Crippen LogP contribution >= 0.6 is 11.3 Å². The second-order valence-corrected chi connectivity index (χ2v) is 7.03. The van der Waals surface area contributed by atoms with Gasteiger partial charge in [-0.3, -0.25) is 4.90 Å². The van der Waals surface area contributed by atoms with Gasteiger partial charge in [-0.15, -0.1) is 11.3 Å². The highest BCUT2D eigenvalue weighted by molar-refractivity contribution is 7.10. The fourth-order valence-electron chi connectivity index (χ4n) is 3.00. The van der Waals surface area contributed by atoms with Crippen LogP contribution in [0, 0.1) is 0 Å². The average Bonchev–Trinajstić information content (AvgIpc) is 3.18. The molecule has 1 atom stereocenters. The number of rotatable bonds is 7. The van der Waals surface area contributed by atoms with Crippen LogP contribution in [0.2, 0.25) is 0 Å². The van der Waals surface area contributed by atoms with Crippen molar-refractivity contribution in [3.63, 3.8) is 0 Å². The first kappa shape index (κ1) is 17.9. The molecular weight excluding hydrogens is 334 g/mol. The summed E-state index contributed by atoms with van der Waals surface area (Å²) in [6.45, 7) is 4.56. The number of ether oxygens (including phenoxy) is 1. The average molecular weight is 359 g/mol. The van der Waals surface area contributed by atoms with E-state index in [0.717, 1.165) is 32.7 Å². The molecule has 0 spiro atoms. The molecule has 2 N–H and O–H groups in total. The topological polar surface area (TPSA) is 53.6 Å². The van der Waals surface area contributed by atoms with E-state index in [1.165, 1.54) is 10.4 Å². The standard InChI is InChI=1S/C19H25N3O2S/c23-19(20-9-8-16-5-2-1-3-6-16)21-15-17(18-7-4-14-25-18)22-10-12-24-13-11-22/h1-7,14,17H,8-13,15H2,(H2,20,21,23). The molecule has 1 aliphatic heterocycles. The van der Waals surface area contributed by atoms with Crippen molar-refractivity contribution in [1.82, 2.24) is 15.5 Å². The number of nitrogens with one attached hydrogen (secondary N) is 2. The van der Waals surface area contributed by atoms with Gasteiger partial charge in [0.25, 0.3) is 0 Å². The van der Waals surface area contributed by atoms with E-state index in [-0.39, 0.29) is 12.1 Å². The zero-order valence-corrected chi connectivity index (χ0v) is 15.1. The molecular formula is C19H25N3O2S. The summed E-state index contributed by atoms with van der Waals surface area (Å²) in [6, 6.07) is 14.5. The quantitative estimate of drug-likeness (QED) is 0.799. The second-order valence-electron chi connectivity index (χ2n) is 6.05. The first-order chi connectivity index (χ1) is 12.3. The van der Waals surface area contributed by atoms with Crippen molar-refractivity contribution < 1.29 is 9.53 Å². The molecule has 6 heteroatoms. The maximum atomic E-state index is 12.1. The Morgan fingerprint density at radius 3 is 2.64 bits per heavy atom. The molecule has 0 aliphatic carbocycles. The number of thiophene rings is 1. The highest BCUT2D eigenvalue weighted by atomic mass is 32.1. The van der Waals surface area contributed by atoms with Crippen LogP contribution in [-0.2, 0) is 11.2 Å². The minimum atomic E-state index is -0.106. The predicted molar refractivity (Wildman–Crippen MR) is 101 cm³/mol. The molecule has 0 bridgehead atoms. The lowest BCUT2D eigenvalue weighted by molar-refractivity contribution is 0.0174. The van der Waals surface area contributed by atoms with Crippen molar-refractivity contribution in [1.29, 1.82) is 0 Å². The number of hydrogen-bond donors (Lipinski definition) is 2. The molecule has 2 aromatic rings. The van der Waals surface area contributed by atoms with Crippen LogP contribution in [-0.4, -0.2) is 50.3 Å². The van der Waals surface area contributed by atoms with Crippen LogP contribution in [0.15, 0.2) is 47.8 Å². The molecule has 1 fully saturated rings. The Balaban J connectivity index is 1.46. The Kier molecular flexibility index (Phi) is 6.85. The third kappa shape index (κ3) is 5.56. The molecule has 0 radical (unpaired) electrons. The number of hydrogen-bond acceptors (Lipinski definition) is 4. The van der Waals surface area contributed by atoms with Crippen molar-refractivity contribution in [2.24, 2.45) is 0 Å². The molecule has 3 rings (SSSR count). The summed E-state index contributed by atoms with van der Waals surface area (Å²) in [4.78, 5) is 15.8. The minimum Gasteiger partial charge on any atom is -0.379 e. The van der Waals surface area contributed by atoms with Crippen molar-refractivity contribution in [2.45, 2.75) is 12.5 Å². The van der Waals surface area contributed by atoms with Gasteiger partial charge in [0, 0.05) is 31.1 Å². The van der Waals surface area contributed by atoms with Gasteiger partial charge in [0.05, 0.1) is 19.3 Å². The summed E-state index contributed by atoms with van der Waals surface area (Å²) < 4.78 is 5.45. The number of amides is 2. The smallest absolute Gasteiger partial charge is 0.314 e. The highest BCUT2D eigenvalue weighted by Crippen LogP contribution is 2.25. The second kappa shape index (κ2) is 9.56. The lowest BCUT2D eigenvalue weighted by atomic mass is 10.1. The lowest BCUT2D eigenvalue weighted by Crippen LogP contribution is -2.45. The number of carbonyl (C=O) groups is 1. The summed E-state index contributed by atoms with van der Waals surface area (Å²) in [5.74, 6) is 0. The molecule has 1 saturated heterocycles. The molecule has 1 unspecified atom stereocenters. The Morgan fingerprint density at radius 2 is 1.92 bits per heavy atom. The first-order valence-corrected chi connectivity index (χ1v) is 9.62. The van der Waals surface area contributed by atoms with E-state index in [4.69, 9.17) is 4.74 Å². The zero-order chi connectivity index (χ0) is 17.3. The third-order valence-corrected chi connectivity index (χ3v) is 5.33. The fraction of sp³-hybridized carbons (Fsp3) is 0.421. The van der Waals surface area contributed by atoms with Crippen molar-refractivity contribution in [3.8, 4) is 0 Å². The van der Waals surface area contributed by atoms with Crippen LogP contribution in [0.25, 0.3) is 0 Å². The Morgan fingerprint density at radius 1 is 1.12 bits per heavy atom. The number of morpholine rings is 1. The van der Waals surface area contributed by atoms with Crippen molar-refractivity contribution in [2.75, 3.05) is 39.4 Å². The van der Waals surface area contributed by atoms with Crippen LogP contribution in [0.1, 0.15) is 16.5 Å². The van der Waals surface area contributed by atoms with Gasteiger partial charge >= 0.3 is 6.03 Å². The van der Waals surface area contributed by atoms with Crippen LogP contribution in [0.5, 0.6) is 0 Å². The summed E-state index contributed by atoms with van der Waals surface area (Å²) in [5, 5.41) is 8.06.